The Morgan fingerprint density at radius 2 is 1.43 bits per heavy atom. The van der Waals surface area contributed by atoms with Gasteiger partial charge in [-0.3, -0.25) is 9.69 Å². The lowest BCUT2D eigenvalue weighted by atomic mass is 9.94. The molecule has 1 aliphatic rings. The summed E-state index contributed by atoms with van der Waals surface area (Å²) in [7, 11) is 1.62. The van der Waals surface area contributed by atoms with Crippen LogP contribution in [-0.4, -0.2) is 76.8 Å². The third-order valence-corrected chi connectivity index (χ3v) is 10.1. The van der Waals surface area contributed by atoms with Gasteiger partial charge in [-0.15, -0.1) is 11.3 Å². The normalized spacial score (nSPS) is 14.8. The fourth-order valence-electron chi connectivity index (χ4n) is 6.47. The van der Waals surface area contributed by atoms with E-state index in [1.54, 1.807) is 53.6 Å². The number of benzene rings is 3. The second kappa shape index (κ2) is 17.1. The van der Waals surface area contributed by atoms with E-state index in [9.17, 15) is 19.2 Å². The third kappa shape index (κ3) is 11.5. The van der Waals surface area contributed by atoms with Gasteiger partial charge in [-0.25, -0.2) is 14.4 Å². The minimum absolute atomic E-state index is 0.200. The zero-order valence-electron chi connectivity index (χ0n) is 34.2. The Kier molecular flexibility index (Phi) is 12.9. The lowest BCUT2D eigenvalue weighted by Gasteiger charge is -2.39. The van der Waals surface area contributed by atoms with Crippen LogP contribution in [-0.2, 0) is 49.7 Å². The lowest BCUT2D eigenvalue weighted by Crippen LogP contribution is -2.50. The van der Waals surface area contributed by atoms with Gasteiger partial charge in [-0.1, -0.05) is 54.6 Å². The number of methoxy groups -OCH3 is 1. The molecule has 11 nitrogen and oxygen atoms in total. The van der Waals surface area contributed by atoms with Crippen LogP contribution in [0.25, 0.3) is 10.8 Å². The average molecular weight is 786 g/mol. The van der Waals surface area contributed by atoms with Crippen molar-refractivity contribution in [1.29, 1.82) is 0 Å². The van der Waals surface area contributed by atoms with Crippen LogP contribution in [0.15, 0.2) is 66.7 Å². The Morgan fingerprint density at radius 1 is 0.804 bits per heavy atom. The van der Waals surface area contributed by atoms with Crippen LogP contribution in [0.2, 0.25) is 0 Å². The first-order valence-corrected chi connectivity index (χ1v) is 19.7. The van der Waals surface area contributed by atoms with Gasteiger partial charge in [0.25, 0.3) is 0 Å². The maximum atomic E-state index is 14.0. The maximum Gasteiger partial charge on any atom is 0.410 e. The van der Waals surface area contributed by atoms with Crippen molar-refractivity contribution in [2.75, 3.05) is 25.5 Å². The zero-order valence-corrected chi connectivity index (χ0v) is 35.1. The summed E-state index contributed by atoms with van der Waals surface area (Å²) in [6.45, 7) is 17.5. The number of thiophene rings is 1. The summed E-state index contributed by atoms with van der Waals surface area (Å²) >= 11 is 1.24. The van der Waals surface area contributed by atoms with Crippen LogP contribution in [0, 0.1) is 0 Å². The number of hydrogen-bond donors (Lipinski definition) is 1. The van der Waals surface area contributed by atoms with Gasteiger partial charge >= 0.3 is 23.9 Å². The summed E-state index contributed by atoms with van der Waals surface area (Å²) in [5, 5.41) is 5.16. The number of anilines is 1. The van der Waals surface area contributed by atoms with E-state index in [2.05, 4.69) is 40.5 Å². The van der Waals surface area contributed by atoms with Crippen molar-refractivity contribution in [2.24, 2.45) is 0 Å². The summed E-state index contributed by atoms with van der Waals surface area (Å²) in [6, 6.07) is 22.1. The topological polar surface area (TPSA) is 124 Å². The van der Waals surface area contributed by atoms with Gasteiger partial charge in [-0.2, -0.15) is 0 Å². The molecule has 0 fully saturated rings. The third-order valence-electron chi connectivity index (χ3n) is 8.92. The maximum absolute atomic E-state index is 14.0. The molecule has 1 N–H and O–H groups in total. The van der Waals surface area contributed by atoms with E-state index in [1.165, 1.54) is 11.3 Å². The van der Waals surface area contributed by atoms with Crippen LogP contribution in [0.3, 0.4) is 0 Å². The SMILES string of the molecule is COc1ccc(CN2Cc3sc(NC(=O)C(=O)OC(C)(C)C)c(C(=O)OC(C)(C)C)c3CC2CN(CCc2ccc3ccccc3c2)C(=O)OC(C)(C)C)cc1. The van der Waals surface area contributed by atoms with Gasteiger partial charge in [0, 0.05) is 37.1 Å². The first-order chi connectivity index (χ1) is 26.2. The molecule has 1 unspecified atom stereocenters. The molecule has 5 rings (SSSR count). The molecular weight excluding hydrogens is 731 g/mol. The molecule has 0 bridgehead atoms. The van der Waals surface area contributed by atoms with E-state index in [4.69, 9.17) is 18.9 Å². The Hall–Kier alpha value is -4.94. The van der Waals surface area contributed by atoms with Gasteiger partial charge in [0.2, 0.25) is 0 Å². The molecule has 2 amide bonds. The minimum atomic E-state index is -1.06. The molecule has 56 heavy (non-hydrogen) atoms. The number of nitrogens with zero attached hydrogens (tertiary/aromatic N) is 2. The average Bonchev–Trinajstić information content (AvgIpc) is 3.44. The van der Waals surface area contributed by atoms with E-state index in [-0.39, 0.29) is 16.6 Å². The van der Waals surface area contributed by atoms with Crippen LogP contribution in [0.5, 0.6) is 5.75 Å². The molecule has 300 valence electrons. The number of hydrogen-bond acceptors (Lipinski definition) is 10. The Labute approximate surface area is 334 Å². The number of fused-ring (bicyclic) bond motifs is 2. The molecular formula is C44H55N3O8S. The van der Waals surface area contributed by atoms with Crippen LogP contribution in [0.4, 0.5) is 9.80 Å². The number of amides is 2. The van der Waals surface area contributed by atoms with Gasteiger partial charge in [0.1, 0.15) is 27.6 Å². The molecule has 4 aromatic rings. The van der Waals surface area contributed by atoms with Crippen LogP contribution < -0.4 is 10.1 Å². The lowest BCUT2D eigenvalue weighted by molar-refractivity contribution is -0.161. The van der Waals surface area contributed by atoms with E-state index >= 15 is 0 Å². The zero-order chi connectivity index (χ0) is 41.0. The number of nitrogens with one attached hydrogen (secondary N) is 1. The van der Waals surface area contributed by atoms with E-state index in [1.807, 2.05) is 57.2 Å². The molecule has 0 saturated heterocycles. The second-order valence-electron chi connectivity index (χ2n) is 17.1. The van der Waals surface area contributed by atoms with Crippen molar-refractivity contribution in [3.8, 4) is 5.75 Å². The van der Waals surface area contributed by atoms with Crippen molar-refractivity contribution in [2.45, 2.75) is 111 Å². The summed E-state index contributed by atoms with van der Waals surface area (Å²) in [4.78, 5) is 58.8. The summed E-state index contributed by atoms with van der Waals surface area (Å²) < 4.78 is 22.6. The molecule has 1 atom stereocenters. The molecule has 12 heteroatoms. The molecule has 0 spiro atoms. The molecule has 0 saturated carbocycles. The number of rotatable bonds is 10. The smallest absolute Gasteiger partial charge is 0.410 e. The summed E-state index contributed by atoms with van der Waals surface area (Å²) in [5.74, 6) is -1.92. The van der Waals surface area contributed by atoms with Crippen molar-refractivity contribution >= 4 is 51.0 Å². The monoisotopic (exact) mass is 785 g/mol. The number of carbonyl (C=O) groups excluding carboxylic acids is 4. The predicted octanol–water partition coefficient (Wildman–Crippen LogP) is 8.55. The van der Waals surface area contributed by atoms with Crippen LogP contribution >= 0.6 is 11.3 Å². The first kappa shape index (κ1) is 42.2. The molecule has 0 aliphatic carbocycles. The Morgan fingerprint density at radius 3 is 2.05 bits per heavy atom. The molecule has 1 aromatic heterocycles. The highest BCUT2D eigenvalue weighted by Crippen LogP contribution is 2.41. The highest BCUT2D eigenvalue weighted by Gasteiger charge is 2.38. The quantitative estimate of drug-likeness (QED) is 0.0957. The summed E-state index contributed by atoms with van der Waals surface area (Å²) in [6.07, 6.45) is 0.522. The van der Waals surface area contributed by atoms with Crippen molar-refractivity contribution in [3.63, 3.8) is 0 Å². The summed E-state index contributed by atoms with van der Waals surface area (Å²) in [5.41, 5.74) is 0.586. The number of ether oxygens (including phenoxy) is 4. The second-order valence-corrected chi connectivity index (χ2v) is 18.2. The number of esters is 2. The van der Waals surface area contributed by atoms with Crippen molar-refractivity contribution in [3.05, 3.63) is 93.9 Å². The van der Waals surface area contributed by atoms with E-state index < -0.39 is 40.7 Å². The van der Waals surface area contributed by atoms with E-state index in [0.717, 1.165) is 32.5 Å². The standard InChI is InChI=1S/C44H55N3O8S/c1-42(2,3)53-39(49)36-34-24-32(26-46(41(51)55-44(7,8)9)22-21-28-15-18-30-13-11-12-14-31(30)23-28)47(25-29-16-19-33(52-10)20-17-29)27-35(34)56-38(36)45-37(48)40(50)54-43(4,5)6/h11-20,23,32H,21-22,24-27H2,1-10H3,(H,45,48). The van der Waals surface area contributed by atoms with Gasteiger partial charge in [0.05, 0.1) is 12.7 Å². The Bertz CT molecular complexity index is 2050. The fourth-order valence-corrected chi connectivity index (χ4v) is 7.71. The number of carbonyl (C=O) groups is 4. The van der Waals surface area contributed by atoms with Gasteiger partial charge < -0.3 is 29.2 Å². The Balaban J connectivity index is 1.53. The largest absolute Gasteiger partial charge is 0.497 e. The fraction of sp³-hybridized carbons (Fsp3) is 0.455. The predicted molar refractivity (Wildman–Crippen MR) is 219 cm³/mol. The van der Waals surface area contributed by atoms with Gasteiger partial charge in [0.15, 0.2) is 0 Å². The van der Waals surface area contributed by atoms with Crippen LogP contribution in [0.1, 0.15) is 94.2 Å². The molecule has 1 aliphatic heterocycles. The van der Waals surface area contributed by atoms with Crippen molar-refractivity contribution < 1.29 is 38.1 Å². The minimum Gasteiger partial charge on any atom is -0.497 e. The highest BCUT2D eigenvalue weighted by molar-refractivity contribution is 7.17. The molecule has 3 aromatic carbocycles. The van der Waals surface area contributed by atoms with E-state index in [0.29, 0.717) is 44.6 Å². The van der Waals surface area contributed by atoms with Crippen molar-refractivity contribution in [1.82, 2.24) is 9.80 Å². The first-order valence-electron chi connectivity index (χ1n) is 18.9. The highest BCUT2D eigenvalue weighted by atomic mass is 32.1. The molecule has 0 radical (unpaired) electrons. The molecule has 2 heterocycles. The van der Waals surface area contributed by atoms with Gasteiger partial charge in [-0.05, 0) is 115 Å².